The van der Waals surface area contributed by atoms with Crippen LogP contribution < -0.4 is 42.6 Å². The summed E-state index contributed by atoms with van der Waals surface area (Å²) in [6, 6.07) is 11.3. The zero-order valence-electron chi connectivity index (χ0n) is 22.5. The Hall–Kier alpha value is -3.79. The van der Waals surface area contributed by atoms with Crippen molar-refractivity contribution in [2.45, 2.75) is 14.7 Å². The highest BCUT2D eigenvalue weighted by Crippen LogP contribution is 2.54. The van der Waals surface area contributed by atoms with Crippen LogP contribution >= 0.6 is 0 Å². The van der Waals surface area contributed by atoms with Crippen molar-refractivity contribution in [2.24, 2.45) is 0 Å². The van der Waals surface area contributed by atoms with Crippen LogP contribution in [0.5, 0.6) is 51.7 Å². The van der Waals surface area contributed by atoms with Gasteiger partial charge in [-0.3, -0.25) is 0 Å². The first-order valence-corrected chi connectivity index (χ1v) is 12.3. The first-order chi connectivity index (χ1) is 18.0. The van der Waals surface area contributed by atoms with E-state index in [4.69, 9.17) is 42.6 Å². The fourth-order valence-electron chi connectivity index (χ4n) is 4.06. The van der Waals surface area contributed by atoms with E-state index in [2.05, 4.69) is 0 Å². The van der Waals surface area contributed by atoms with E-state index in [-0.39, 0.29) is 0 Å². The van der Waals surface area contributed by atoms with Gasteiger partial charge in [0.1, 0.15) is 10.9 Å². The molecule has 10 heteroatoms. The van der Waals surface area contributed by atoms with E-state index < -0.39 is 10.9 Å². The molecule has 0 aliphatic rings. The second-order valence-corrected chi connectivity index (χ2v) is 9.24. The maximum atomic E-state index is 5.89. The highest BCUT2D eigenvalue weighted by atomic mass is 32.2. The van der Waals surface area contributed by atoms with Gasteiger partial charge in [0.05, 0.1) is 64.0 Å². The first-order valence-electron chi connectivity index (χ1n) is 11.1. The van der Waals surface area contributed by atoms with E-state index in [1.807, 2.05) is 36.4 Å². The van der Waals surface area contributed by atoms with Crippen LogP contribution in [0.4, 0.5) is 0 Å². The average Bonchev–Trinajstić information content (AvgIpc) is 2.95. The van der Waals surface area contributed by atoms with E-state index in [0.29, 0.717) is 51.7 Å². The monoisotopic (exact) mass is 533 g/mol. The molecule has 0 amide bonds. The molecule has 0 spiro atoms. The summed E-state index contributed by atoms with van der Waals surface area (Å²) >= 11 is 0. The minimum absolute atomic E-state index is 0.457. The van der Waals surface area contributed by atoms with Gasteiger partial charge in [0.25, 0.3) is 0 Å². The van der Waals surface area contributed by atoms with Crippen molar-refractivity contribution in [1.82, 2.24) is 0 Å². The molecule has 0 heterocycles. The van der Waals surface area contributed by atoms with Gasteiger partial charge in [0, 0.05) is 18.2 Å². The molecule has 0 saturated heterocycles. The molecule has 3 aromatic carbocycles. The van der Waals surface area contributed by atoms with Crippen molar-refractivity contribution >= 4 is 10.9 Å². The standard InChI is InChI=1S/C27H33O9S/c1-28-16-10-13-19(25(34-7)22(16)31-4)37(20-14-11-17(29-2)23(32-5)26(20)35-8)21-15-12-18(30-3)24(33-6)27(21)36-9/h10-15H,1-9H3/q+1. The fraction of sp³-hybridized carbons (Fsp3) is 0.333. The Morgan fingerprint density at radius 3 is 0.757 bits per heavy atom. The number of hydrogen-bond acceptors (Lipinski definition) is 9. The molecule has 3 aromatic rings. The molecule has 3 rings (SSSR count). The van der Waals surface area contributed by atoms with Crippen molar-refractivity contribution in [1.29, 1.82) is 0 Å². The fourth-order valence-corrected chi connectivity index (χ4v) is 6.47. The second kappa shape index (κ2) is 12.4. The summed E-state index contributed by atoms with van der Waals surface area (Å²) < 4.78 is 51.3. The number of ether oxygens (including phenoxy) is 9. The van der Waals surface area contributed by atoms with Crippen LogP contribution in [0.25, 0.3) is 0 Å². The molecule has 0 aromatic heterocycles. The van der Waals surface area contributed by atoms with E-state index in [1.54, 1.807) is 64.0 Å². The third kappa shape index (κ3) is 4.93. The van der Waals surface area contributed by atoms with Gasteiger partial charge in [-0.25, -0.2) is 0 Å². The lowest BCUT2D eigenvalue weighted by molar-refractivity contribution is 0.316. The third-order valence-electron chi connectivity index (χ3n) is 5.66. The first kappa shape index (κ1) is 27.8. The maximum absolute atomic E-state index is 5.89. The van der Waals surface area contributed by atoms with Crippen molar-refractivity contribution < 1.29 is 42.6 Å². The van der Waals surface area contributed by atoms with Gasteiger partial charge in [-0.2, -0.15) is 0 Å². The van der Waals surface area contributed by atoms with Crippen molar-refractivity contribution in [3.63, 3.8) is 0 Å². The van der Waals surface area contributed by atoms with Gasteiger partial charge in [0.15, 0.2) is 17.2 Å². The normalized spacial score (nSPS) is 10.5. The molecule has 0 radical (unpaired) electrons. The van der Waals surface area contributed by atoms with Gasteiger partial charge in [-0.05, 0) is 18.2 Å². The molecule has 0 atom stereocenters. The molecule has 0 fully saturated rings. The molecule has 0 N–H and O–H groups in total. The summed E-state index contributed by atoms with van der Waals surface area (Å²) in [7, 11) is 13.3. The van der Waals surface area contributed by atoms with Gasteiger partial charge in [0.2, 0.25) is 49.2 Å². The molecular formula is C27H33O9S+. The summed E-state index contributed by atoms with van der Waals surface area (Å²) in [4.78, 5) is 2.36. The van der Waals surface area contributed by atoms with Crippen LogP contribution in [0.2, 0.25) is 0 Å². The molecule has 0 aliphatic carbocycles. The van der Waals surface area contributed by atoms with E-state index in [0.717, 1.165) is 14.7 Å². The molecule has 37 heavy (non-hydrogen) atoms. The minimum atomic E-state index is -0.897. The predicted octanol–water partition coefficient (Wildman–Crippen LogP) is 4.86. The van der Waals surface area contributed by atoms with Gasteiger partial charge >= 0.3 is 0 Å². The van der Waals surface area contributed by atoms with Crippen molar-refractivity contribution in [3.8, 4) is 51.7 Å². The third-order valence-corrected chi connectivity index (χ3v) is 7.95. The lowest BCUT2D eigenvalue weighted by Crippen LogP contribution is -2.12. The molecular weight excluding hydrogens is 500 g/mol. The average molecular weight is 534 g/mol. The van der Waals surface area contributed by atoms with Gasteiger partial charge in [-0.1, -0.05) is 0 Å². The molecule has 0 saturated carbocycles. The van der Waals surface area contributed by atoms with E-state index in [9.17, 15) is 0 Å². The lowest BCUT2D eigenvalue weighted by atomic mass is 10.3. The minimum Gasteiger partial charge on any atom is -0.493 e. The SMILES string of the molecule is COc1ccc([S+](c2ccc(OC)c(OC)c2OC)c2ccc(OC)c(OC)c2OC)c(OC)c1OC. The summed E-state index contributed by atoms with van der Waals surface area (Å²) in [5.74, 6) is 4.47. The summed E-state index contributed by atoms with van der Waals surface area (Å²) in [6.45, 7) is 0. The highest BCUT2D eigenvalue weighted by molar-refractivity contribution is 7.97. The largest absolute Gasteiger partial charge is 0.493 e. The molecule has 200 valence electrons. The van der Waals surface area contributed by atoms with Crippen LogP contribution in [0, 0.1) is 0 Å². The molecule has 0 bridgehead atoms. The topological polar surface area (TPSA) is 83.1 Å². The Morgan fingerprint density at radius 1 is 0.324 bits per heavy atom. The Bertz CT molecular complexity index is 1080. The summed E-state index contributed by atoms with van der Waals surface area (Å²) in [6.07, 6.45) is 0. The lowest BCUT2D eigenvalue weighted by Gasteiger charge is -2.20. The Morgan fingerprint density at radius 2 is 0.568 bits per heavy atom. The Kier molecular flexibility index (Phi) is 9.35. The van der Waals surface area contributed by atoms with Gasteiger partial charge in [-0.15, -0.1) is 0 Å². The Labute approximate surface area is 220 Å². The van der Waals surface area contributed by atoms with Crippen LogP contribution in [0.3, 0.4) is 0 Å². The number of rotatable bonds is 12. The second-order valence-electron chi connectivity index (χ2n) is 7.30. The smallest absolute Gasteiger partial charge is 0.221 e. The zero-order valence-corrected chi connectivity index (χ0v) is 23.4. The highest BCUT2D eigenvalue weighted by Gasteiger charge is 2.42. The summed E-state index contributed by atoms with van der Waals surface area (Å²) in [5.41, 5.74) is 0. The predicted molar refractivity (Wildman–Crippen MR) is 140 cm³/mol. The van der Waals surface area contributed by atoms with Crippen molar-refractivity contribution in [2.75, 3.05) is 64.0 Å². The molecule has 0 unspecified atom stereocenters. The van der Waals surface area contributed by atoms with Gasteiger partial charge < -0.3 is 42.6 Å². The number of benzene rings is 3. The van der Waals surface area contributed by atoms with Crippen LogP contribution in [0.1, 0.15) is 0 Å². The Balaban J connectivity index is 2.51. The van der Waals surface area contributed by atoms with Crippen LogP contribution in [-0.4, -0.2) is 64.0 Å². The quantitative estimate of drug-likeness (QED) is 0.303. The number of methoxy groups -OCH3 is 9. The molecule has 0 aliphatic heterocycles. The van der Waals surface area contributed by atoms with Crippen LogP contribution in [-0.2, 0) is 10.9 Å². The summed E-state index contributed by atoms with van der Waals surface area (Å²) in [5, 5.41) is 0. The van der Waals surface area contributed by atoms with E-state index in [1.165, 1.54) is 0 Å². The molecule has 9 nitrogen and oxygen atoms in total. The van der Waals surface area contributed by atoms with E-state index >= 15 is 0 Å². The number of hydrogen-bond donors (Lipinski definition) is 0. The van der Waals surface area contributed by atoms with Crippen molar-refractivity contribution in [3.05, 3.63) is 36.4 Å². The zero-order chi connectivity index (χ0) is 27.1. The van der Waals surface area contributed by atoms with Crippen LogP contribution in [0.15, 0.2) is 51.1 Å². The maximum Gasteiger partial charge on any atom is 0.221 e.